The standard InChI is InChI=1S/C19H20FN3OS/c1-12-14(3)25-18(23-10-4-5-11-23)17(12)13(2)21-19(24)22-16-8-6-15(20)7-9-16/h4-11,13H,1-3H3,(H2,21,22,24)/t13-/m1/s1. The summed E-state index contributed by atoms with van der Waals surface area (Å²) in [7, 11) is 0. The summed E-state index contributed by atoms with van der Waals surface area (Å²) in [5.74, 6) is -0.333. The number of aromatic nitrogens is 1. The maximum absolute atomic E-state index is 13.0. The van der Waals surface area contributed by atoms with E-state index in [1.807, 2.05) is 31.5 Å². The predicted molar refractivity (Wildman–Crippen MR) is 100 cm³/mol. The van der Waals surface area contributed by atoms with E-state index in [1.54, 1.807) is 11.3 Å². The second kappa shape index (κ2) is 7.11. The minimum atomic E-state index is -0.333. The molecule has 4 nitrogen and oxygen atoms in total. The van der Waals surface area contributed by atoms with E-state index in [-0.39, 0.29) is 17.9 Å². The third-order valence-electron chi connectivity index (χ3n) is 4.13. The zero-order valence-electron chi connectivity index (χ0n) is 14.3. The molecule has 0 aliphatic carbocycles. The smallest absolute Gasteiger partial charge is 0.319 e. The van der Waals surface area contributed by atoms with Gasteiger partial charge in [0.05, 0.1) is 6.04 Å². The molecule has 0 spiro atoms. The Labute approximate surface area is 150 Å². The summed E-state index contributed by atoms with van der Waals surface area (Å²) < 4.78 is 15.0. The summed E-state index contributed by atoms with van der Waals surface area (Å²) in [6, 6.07) is 9.17. The molecule has 1 atom stereocenters. The number of nitrogens with zero attached hydrogens (tertiary/aromatic N) is 1. The van der Waals surface area contributed by atoms with Gasteiger partial charge in [-0.1, -0.05) is 0 Å². The van der Waals surface area contributed by atoms with Crippen LogP contribution in [0.1, 0.15) is 29.0 Å². The first kappa shape index (κ1) is 17.2. The van der Waals surface area contributed by atoms with Crippen LogP contribution in [0.3, 0.4) is 0 Å². The van der Waals surface area contributed by atoms with Crippen molar-refractivity contribution >= 4 is 23.1 Å². The third kappa shape index (κ3) is 3.74. The van der Waals surface area contributed by atoms with Crippen LogP contribution in [0.25, 0.3) is 5.00 Å². The molecular formula is C19H20FN3OS. The van der Waals surface area contributed by atoms with E-state index in [9.17, 15) is 9.18 Å². The molecule has 1 aromatic carbocycles. The normalized spacial score (nSPS) is 12.0. The number of thiophene rings is 1. The number of hydrogen-bond donors (Lipinski definition) is 2. The van der Waals surface area contributed by atoms with Gasteiger partial charge in [0, 0.05) is 28.5 Å². The van der Waals surface area contributed by atoms with Gasteiger partial charge in [0.25, 0.3) is 0 Å². The number of carbonyl (C=O) groups is 1. The Balaban J connectivity index is 1.78. The number of anilines is 1. The monoisotopic (exact) mass is 357 g/mol. The predicted octanol–water partition coefficient (Wildman–Crippen LogP) is 5.18. The number of carbonyl (C=O) groups excluding carboxylic acids is 1. The Hall–Kier alpha value is -2.60. The minimum Gasteiger partial charge on any atom is -0.331 e. The van der Waals surface area contributed by atoms with Gasteiger partial charge in [0.1, 0.15) is 10.8 Å². The molecular weight excluding hydrogens is 337 g/mol. The number of nitrogens with one attached hydrogen (secondary N) is 2. The topological polar surface area (TPSA) is 46.1 Å². The van der Waals surface area contributed by atoms with Crippen molar-refractivity contribution in [1.82, 2.24) is 9.88 Å². The molecule has 2 amide bonds. The maximum atomic E-state index is 13.0. The Morgan fingerprint density at radius 1 is 1.16 bits per heavy atom. The Morgan fingerprint density at radius 2 is 1.80 bits per heavy atom. The van der Waals surface area contributed by atoms with Crippen molar-refractivity contribution in [1.29, 1.82) is 0 Å². The van der Waals surface area contributed by atoms with Gasteiger partial charge in [-0.15, -0.1) is 11.3 Å². The molecule has 25 heavy (non-hydrogen) atoms. The average Bonchev–Trinajstić information content (AvgIpc) is 3.18. The number of urea groups is 1. The van der Waals surface area contributed by atoms with Gasteiger partial charge < -0.3 is 15.2 Å². The van der Waals surface area contributed by atoms with Crippen LogP contribution < -0.4 is 10.6 Å². The molecule has 2 aromatic heterocycles. The summed E-state index contributed by atoms with van der Waals surface area (Å²) in [5, 5.41) is 6.80. The third-order valence-corrected chi connectivity index (χ3v) is 5.37. The van der Waals surface area contributed by atoms with Crippen LogP contribution in [0.4, 0.5) is 14.9 Å². The molecule has 0 fully saturated rings. The molecule has 0 aliphatic rings. The molecule has 3 rings (SSSR count). The first-order chi connectivity index (χ1) is 12.0. The lowest BCUT2D eigenvalue weighted by molar-refractivity contribution is 0.249. The highest BCUT2D eigenvalue weighted by atomic mass is 32.1. The van der Waals surface area contributed by atoms with Gasteiger partial charge in [-0.05, 0) is 62.7 Å². The first-order valence-corrected chi connectivity index (χ1v) is 8.83. The highest BCUT2D eigenvalue weighted by Gasteiger charge is 2.20. The van der Waals surface area contributed by atoms with Crippen molar-refractivity contribution in [3.05, 3.63) is 70.6 Å². The Kier molecular flexibility index (Phi) is 4.90. The van der Waals surface area contributed by atoms with E-state index in [0.29, 0.717) is 5.69 Å². The van der Waals surface area contributed by atoms with Crippen LogP contribution in [-0.2, 0) is 0 Å². The lowest BCUT2D eigenvalue weighted by Gasteiger charge is -2.17. The number of amides is 2. The molecule has 0 unspecified atom stereocenters. The second-order valence-corrected chi connectivity index (χ2v) is 7.12. The van der Waals surface area contributed by atoms with Crippen molar-refractivity contribution in [2.75, 3.05) is 5.32 Å². The van der Waals surface area contributed by atoms with Crippen LogP contribution in [0.15, 0.2) is 48.8 Å². The highest BCUT2D eigenvalue weighted by Crippen LogP contribution is 2.35. The van der Waals surface area contributed by atoms with Gasteiger partial charge in [-0.2, -0.15) is 0 Å². The Bertz CT molecular complexity index is 869. The van der Waals surface area contributed by atoms with E-state index in [2.05, 4.69) is 29.0 Å². The quantitative estimate of drug-likeness (QED) is 0.664. The number of aryl methyl sites for hydroxylation is 1. The number of halogens is 1. The van der Waals surface area contributed by atoms with E-state index in [1.165, 1.54) is 34.7 Å². The van der Waals surface area contributed by atoms with Crippen LogP contribution in [0.2, 0.25) is 0 Å². The fourth-order valence-electron chi connectivity index (χ4n) is 2.77. The summed E-state index contributed by atoms with van der Waals surface area (Å²) >= 11 is 1.71. The van der Waals surface area contributed by atoms with E-state index in [4.69, 9.17) is 0 Å². The van der Waals surface area contributed by atoms with Gasteiger partial charge >= 0.3 is 6.03 Å². The molecule has 0 aliphatic heterocycles. The maximum Gasteiger partial charge on any atom is 0.319 e. The van der Waals surface area contributed by atoms with Gasteiger partial charge in [-0.3, -0.25) is 0 Å². The van der Waals surface area contributed by atoms with Gasteiger partial charge in [0.2, 0.25) is 0 Å². The minimum absolute atomic E-state index is 0.164. The van der Waals surface area contributed by atoms with Crippen LogP contribution >= 0.6 is 11.3 Å². The average molecular weight is 357 g/mol. The van der Waals surface area contributed by atoms with E-state index < -0.39 is 0 Å². The highest BCUT2D eigenvalue weighted by molar-refractivity contribution is 7.14. The first-order valence-electron chi connectivity index (χ1n) is 8.02. The molecule has 0 bridgehead atoms. The van der Waals surface area contributed by atoms with Crippen molar-refractivity contribution < 1.29 is 9.18 Å². The summed E-state index contributed by atoms with van der Waals surface area (Å²) in [6.45, 7) is 6.12. The molecule has 130 valence electrons. The lowest BCUT2D eigenvalue weighted by atomic mass is 10.1. The summed E-state index contributed by atoms with van der Waals surface area (Å²) in [5.41, 5.74) is 2.84. The van der Waals surface area contributed by atoms with Crippen LogP contribution in [-0.4, -0.2) is 10.6 Å². The zero-order chi connectivity index (χ0) is 18.0. The molecule has 6 heteroatoms. The van der Waals surface area contributed by atoms with Crippen molar-refractivity contribution in [3.63, 3.8) is 0 Å². The van der Waals surface area contributed by atoms with Crippen molar-refractivity contribution in [2.45, 2.75) is 26.8 Å². The number of hydrogen-bond acceptors (Lipinski definition) is 2. The molecule has 2 heterocycles. The molecule has 3 aromatic rings. The fraction of sp³-hybridized carbons (Fsp3) is 0.211. The number of rotatable bonds is 4. The molecule has 2 N–H and O–H groups in total. The Morgan fingerprint density at radius 3 is 2.44 bits per heavy atom. The van der Waals surface area contributed by atoms with Crippen molar-refractivity contribution in [3.8, 4) is 5.00 Å². The molecule has 0 radical (unpaired) electrons. The van der Waals surface area contributed by atoms with E-state index in [0.717, 1.165) is 10.6 Å². The largest absolute Gasteiger partial charge is 0.331 e. The van der Waals surface area contributed by atoms with Crippen LogP contribution in [0.5, 0.6) is 0 Å². The fourth-order valence-corrected chi connectivity index (χ4v) is 3.99. The second-order valence-electron chi connectivity index (χ2n) is 5.92. The summed E-state index contributed by atoms with van der Waals surface area (Å²) in [6.07, 6.45) is 4.00. The van der Waals surface area contributed by atoms with E-state index >= 15 is 0 Å². The van der Waals surface area contributed by atoms with Gasteiger partial charge in [-0.25, -0.2) is 9.18 Å². The zero-order valence-corrected chi connectivity index (χ0v) is 15.2. The lowest BCUT2D eigenvalue weighted by Crippen LogP contribution is -2.31. The molecule has 0 saturated heterocycles. The number of benzene rings is 1. The summed E-state index contributed by atoms with van der Waals surface area (Å²) in [4.78, 5) is 13.5. The van der Waals surface area contributed by atoms with Crippen molar-refractivity contribution in [2.24, 2.45) is 0 Å². The molecule has 0 saturated carbocycles. The van der Waals surface area contributed by atoms with Gasteiger partial charge in [0.15, 0.2) is 0 Å². The SMILES string of the molecule is Cc1sc(-n2cccc2)c([C@@H](C)NC(=O)Nc2ccc(F)cc2)c1C. The van der Waals surface area contributed by atoms with Crippen LogP contribution in [0, 0.1) is 19.7 Å².